The summed E-state index contributed by atoms with van der Waals surface area (Å²) in [5, 5.41) is 0.899. The lowest BCUT2D eigenvalue weighted by Gasteiger charge is -2.15. The summed E-state index contributed by atoms with van der Waals surface area (Å²) in [5.74, 6) is -0.197. The molecule has 0 aliphatic rings. The van der Waals surface area contributed by atoms with E-state index in [2.05, 4.69) is 0 Å². The molecule has 2 N–H and O–H groups in total. The zero-order valence-electron chi connectivity index (χ0n) is 10.9. The summed E-state index contributed by atoms with van der Waals surface area (Å²) in [6.07, 6.45) is 0.459. The highest BCUT2D eigenvalue weighted by atomic mass is 35.5. The number of benzene rings is 2. The third-order valence-electron chi connectivity index (χ3n) is 3.05. The molecule has 1 atom stereocenters. The SMILES string of the molecule is COc1ccc(CC(N)c2cccc(Cl)c2Cl)cc1F. The normalized spacial score (nSPS) is 12.2. The van der Waals surface area contributed by atoms with Crippen LogP contribution in [-0.4, -0.2) is 7.11 Å². The average molecular weight is 314 g/mol. The van der Waals surface area contributed by atoms with Crippen LogP contribution in [0, 0.1) is 5.82 Å². The summed E-state index contributed by atoms with van der Waals surface area (Å²) >= 11 is 12.1. The first-order valence-corrected chi connectivity index (χ1v) is 6.80. The number of hydrogen-bond acceptors (Lipinski definition) is 2. The molecule has 20 heavy (non-hydrogen) atoms. The molecular formula is C15H14Cl2FNO. The highest BCUT2D eigenvalue weighted by Crippen LogP contribution is 2.30. The molecule has 0 spiro atoms. The van der Waals surface area contributed by atoms with Gasteiger partial charge in [-0.2, -0.15) is 0 Å². The van der Waals surface area contributed by atoms with Crippen LogP contribution < -0.4 is 10.5 Å². The molecule has 106 valence electrons. The fraction of sp³-hybridized carbons (Fsp3) is 0.200. The van der Waals surface area contributed by atoms with E-state index in [1.807, 2.05) is 6.07 Å². The summed E-state index contributed by atoms with van der Waals surface area (Å²) in [7, 11) is 1.43. The van der Waals surface area contributed by atoms with Gasteiger partial charge in [-0.3, -0.25) is 0 Å². The Hall–Kier alpha value is -1.29. The summed E-state index contributed by atoms with van der Waals surface area (Å²) in [6.45, 7) is 0. The van der Waals surface area contributed by atoms with Crippen LogP contribution in [0.25, 0.3) is 0 Å². The van der Waals surface area contributed by atoms with Crippen LogP contribution in [0.2, 0.25) is 10.0 Å². The number of ether oxygens (including phenoxy) is 1. The minimum Gasteiger partial charge on any atom is -0.494 e. The van der Waals surface area contributed by atoms with E-state index >= 15 is 0 Å². The zero-order chi connectivity index (χ0) is 14.7. The first kappa shape index (κ1) is 15.1. The second-order valence-corrected chi connectivity index (χ2v) is 5.21. The minimum absolute atomic E-state index is 0.211. The van der Waals surface area contributed by atoms with Gasteiger partial charge in [0.2, 0.25) is 0 Å². The number of nitrogens with two attached hydrogens (primary N) is 1. The Bertz CT molecular complexity index is 619. The molecule has 0 aliphatic carbocycles. The molecule has 0 heterocycles. The van der Waals surface area contributed by atoms with Crippen LogP contribution >= 0.6 is 23.2 Å². The molecule has 2 aromatic carbocycles. The van der Waals surface area contributed by atoms with Gasteiger partial charge in [0.05, 0.1) is 17.2 Å². The Morgan fingerprint density at radius 3 is 2.65 bits per heavy atom. The van der Waals surface area contributed by atoms with E-state index in [9.17, 15) is 4.39 Å². The first-order valence-electron chi connectivity index (χ1n) is 6.05. The van der Waals surface area contributed by atoms with E-state index in [4.69, 9.17) is 33.7 Å². The van der Waals surface area contributed by atoms with Crippen molar-refractivity contribution in [2.75, 3.05) is 7.11 Å². The summed E-state index contributed by atoms with van der Waals surface area (Å²) in [4.78, 5) is 0. The molecule has 0 fully saturated rings. The molecule has 5 heteroatoms. The van der Waals surface area contributed by atoms with Crippen molar-refractivity contribution in [1.29, 1.82) is 0 Å². The molecule has 0 saturated heterocycles. The van der Waals surface area contributed by atoms with Crippen molar-refractivity contribution in [3.63, 3.8) is 0 Å². The highest BCUT2D eigenvalue weighted by Gasteiger charge is 2.14. The van der Waals surface area contributed by atoms with E-state index in [1.54, 1.807) is 24.3 Å². The Morgan fingerprint density at radius 1 is 1.25 bits per heavy atom. The van der Waals surface area contributed by atoms with E-state index in [0.717, 1.165) is 11.1 Å². The van der Waals surface area contributed by atoms with Gasteiger partial charge in [-0.25, -0.2) is 4.39 Å². The van der Waals surface area contributed by atoms with Crippen LogP contribution in [0.4, 0.5) is 4.39 Å². The van der Waals surface area contributed by atoms with Crippen molar-refractivity contribution >= 4 is 23.2 Å². The van der Waals surface area contributed by atoms with E-state index < -0.39 is 5.82 Å². The predicted octanol–water partition coefficient (Wildman–Crippen LogP) is 4.38. The third kappa shape index (κ3) is 3.23. The lowest BCUT2D eigenvalue weighted by atomic mass is 9.99. The maximum Gasteiger partial charge on any atom is 0.165 e. The lowest BCUT2D eigenvalue weighted by Crippen LogP contribution is -2.14. The van der Waals surface area contributed by atoms with Gasteiger partial charge in [0.25, 0.3) is 0 Å². The Morgan fingerprint density at radius 2 is 2.00 bits per heavy atom. The van der Waals surface area contributed by atoms with Gasteiger partial charge in [-0.1, -0.05) is 41.4 Å². The Labute approximate surface area is 127 Å². The Kier molecular flexibility index (Phi) is 4.86. The maximum atomic E-state index is 13.6. The molecule has 2 aromatic rings. The predicted molar refractivity (Wildman–Crippen MR) is 80.0 cm³/mol. The standard InChI is InChI=1S/C15H14Cl2FNO/c1-20-14-6-5-9(7-12(14)18)8-13(19)10-3-2-4-11(16)15(10)17/h2-7,13H,8,19H2,1H3. The molecule has 0 amide bonds. The van der Waals surface area contributed by atoms with Crippen molar-refractivity contribution in [2.45, 2.75) is 12.5 Å². The van der Waals surface area contributed by atoms with E-state index in [0.29, 0.717) is 16.5 Å². The van der Waals surface area contributed by atoms with Gasteiger partial charge in [-0.15, -0.1) is 0 Å². The van der Waals surface area contributed by atoms with Crippen molar-refractivity contribution < 1.29 is 9.13 Å². The second kappa shape index (κ2) is 6.44. The van der Waals surface area contributed by atoms with Gasteiger partial charge in [0.1, 0.15) is 0 Å². The maximum absolute atomic E-state index is 13.6. The highest BCUT2D eigenvalue weighted by molar-refractivity contribution is 6.42. The summed E-state index contributed by atoms with van der Waals surface area (Å²) < 4.78 is 18.5. The summed E-state index contributed by atoms with van der Waals surface area (Å²) in [5.41, 5.74) is 7.64. The molecule has 0 saturated carbocycles. The van der Waals surface area contributed by atoms with Crippen LogP contribution in [0.15, 0.2) is 36.4 Å². The fourth-order valence-corrected chi connectivity index (χ4v) is 2.46. The lowest BCUT2D eigenvalue weighted by molar-refractivity contribution is 0.386. The van der Waals surface area contributed by atoms with Gasteiger partial charge < -0.3 is 10.5 Å². The van der Waals surface area contributed by atoms with E-state index in [1.165, 1.54) is 13.2 Å². The molecular weight excluding hydrogens is 300 g/mol. The first-order chi connectivity index (χ1) is 9.52. The van der Waals surface area contributed by atoms with Gasteiger partial charge in [-0.05, 0) is 35.7 Å². The molecule has 0 aromatic heterocycles. The van der Waals surface area contributed by atoms with Crippen molar-refractivity contribution in [3.05, 3.63) is 63.4 Å². The summed E-state index contributed by atoms with van der Waals surface area (Å²) in [6, 6.07) is 9.73. The molecule has 0 radical (unpaired) electrons. The third-order valence-corrected chi connectivity index (χ3v) is 3.89. The average Bonchev–Trinajstić information content (AvgIpc) is 2.42. The molecule has 0 bridgehead atoms. The number of rotatable bonds is 4. The van der Waals surface area contributed by atoms with Crippen LogP contribution in [0.5, 0.6) is 5.75 Å². The fourth-order valence-electron chi connectivity index (χ4n) is 2.01. The topological polar surface area (TPSA) is 35.2 Å². The van der Waals surface area contributed by atoms with Crippen LogP contribution in [0.3, 0.4) is 0 Å². The molecule has 1 unspecified atom stereocenters. The number of methoxy groups -OCH3 is 1. The molecule has 2 rings (SSSR count). The van der Waals surface area contributed by atoms with Crippen LogP contribution in [-0.2, 0) is 6.42 Å². The van der Waals surface area contributed by atoms with E-state index in [-0.39, 0.29) is 11.8 Å². The quantitative estimate of drug-likeness (QED) is 0.909. The van der Waals surface area contributed by atoms with Gasteiger partial charge >= 0.3 is 0 Å². The second-order valence-electron chi connectivity index (χ2n) is 4.42. The molecule has 0 aliphatic heterocycles. The smallest absolute Gasteiger partial charge is 0.165 e. The number of hydrogen-bond donors (Lipinski definition) is 1. The van der Waals surface area contributed by atoms with Crippen molar-refractivity contribution in [3.8, 4) is 5.75 Å². The Balaban J connectivity index is 2.21. The number of halogens is 3. The van der Waals surface area contributed by atoms with Crippen LogP contribution in [0.1, 0.15) is 17.2 Å². The minimum atomic E-state index is -0.408. The van der Waals surface area contributed by atoms with Gasteiger partial charge in [0.15, 0.2) is 11.6 Å². The van der Waals surface area contributed by atoms with Crippen molar-refractivity contribution in [1.82, 2.24) is 0 Å². The zero-order valence-corrected chi connectivity index (χ0v) is 12.4. The molecule has 2 nitrogen and oxygen atoms in total. The van der Waals surface area contributed by atoms with Crippen molar-refractivity contribution in [2.24, 2.45) is 5.73 Å². The largest absolute Gasteiger partial charge is 0.494 e. The monoisotopic (exact) mass is 313 g/mol. The van der Waals surface area contributed by atoms with Gasteiger partial charge in [0, 0.05) is 6.04 Å².